The van der Waals surface area contributed by atoms with Gasteiger partial charge in [-0.1, -0.05) is 6.92 Å². The van der Waals surface area contributed by atoms with Crippen molar-refractivity contribution in [3.05, 3.63) is 29.5 Å². The lowest BCUT2D eigenvalue weighted by molar-refractivity contribution is 0.0983. The van der Waals surface area contributed by atoms with E-state index in [1.807, 2.05) is 18.2 Å². The SMILES string of the molecule is COc1ccc2oc3c(c2c1)C(=O)CCCC3C. The predicted octanol–water partition coefficient (Wildman–Crippen LogP) is 3.91. The molecule has 1 aliphatic carbocycles. The lowest BCUT2D eigenvalue weighted by Crippen LogP contribution is -1.98. The van der Waals surface area contributed by atoms with Crippen molar-refractivity contribution in [2.75, 3.05) is 7.11 Å². The minimum absolute atomic E-state index is 0.196. The van der Waals surface area contributed by atoms with Crippen molar-refractivity contribution in [1.29, 1.82) is 0 Å². The van der Waals surface area contributed by atoms with Crippen molar-refractivity contribution in [2.45, 2.75) is 32.1 Å². The molecule has 0 saturated heterocycles. The summed E-state index contributed by atoms with van der Waals surface area (Å²) in [5, 5.41) is 0.892. The quantitative estimate of drug-likeness (QED) is 0.714. The maximum Gasteiger partial charge on any atom is 0.167 e. The molecule has 0 N–H and O–H groups in total. The molecule has 1 aromatic carbocycles. The Morgan fingerprint density at radius 1 is 1.39 bits per heavy atom. The van der Waals surface area contributed by atoms with Gasteiger partial charge in [0.1, 0.15) is 17.1 Å². The third kappa shape index (κ3) is 1.62. The van der Waals surface area contributed by atoms with Gasteiger partial charge in [0.05, 0.1) is 12.7 Å². The second-order valence-electron chi connectivity index (χ2n) is 4.92. The summed E-state index contributed by atoms with van der Waals surface area (Å²) in [5.74, 6) is 2.11. The molecule has 3 heteroatoms. The fourth-order valence-electron chi connectivity index (χ4n) is 2.68. The normalized spacial score (nSPS) is 19.7. The summed E-state index contributed by atoms with van der Waals surface area (Å²) in [4.78, 5) is 12.2. The average Bonchev–Trinajstić information content (AvgIpc) is 2.70. The molecule has 1 unspecified atom stereocenters. The lowest BCUT2D eigenvalue weighted by Gasteiger charge is -2.04. The number of benzene rings is 1. The number of furan rings is 1. The van der Waals surface area contributed by atoms with Crippen molar-refractivity contribution >= 4 is 16.8 Å². The Kier molecular flexibility index (Phi) is 2.62. The summed E-state index contributed by atoms with van der Waals surface area (Å²) >= 11 is 0. The number of ketones is 1. The highest BCUT2D eigenvalue weighted by molar-refractivity contribution is 6.09. The van der Waals surface area contributed by atoms with Crippen LogP contribution in [0.15, 0.2) is 22.6 Å². The van der Waals surface area contributed by atoms with Crippen LogP contribution in [0.25, 0.3) is 11.0 Å². The number of hydrogen-bond donors (Lipinski definition) is 0. The van der Waals surface area contributed by atoms with E-state index >= 15 is 0 Å². The number of hydrogen-bond acceptors (Lipinski definition) is 3. The van der Waals surface area contributed by atoms with Crippen LogP contribution in [0, 0.1) is 0 Å². The maximum atomic E-state index is 12.2. The zero-order valence-electron chi connectivity index (χ0n) is 10.7. The van der Waals surface area contributed by atoms with Gasteiger partial charge in [0, 0.05) is 17.7 Å². The number of methoxy groups -OCH3 is 1. The van der Waals surface area contributed by atoms with E-state index in [4.69, 9.17) is 9.15 Å². The van der Waals surface area contributed by atoms with Gasteiger partial charge >= 0.3 is 0 Å². The van der Waals surface area contributed by atoms with E-state index < -0.39 is 0 Å². The van der Waals surface area contributed by atoms with Crippen LogP contribution < -0.4 is 4.74 Å². The molecular formula is C15H16O3. The van der Waals surface area contributed by atoms with E-state index in [2.05, 4.69) is 6.92 Å². The topological polar surface area (TPSA) is 39.4 Å². The van der Waals surface area contributed by atoms with Gasteiger partial charge in [-0.05, 0) is 31.0 Å². The van der Waals surface area contributed by atoms with Crippen molar-refractivity contribution in [1.82, 2.24) is 0 Å². The Morgan fingerprint density at radius 2 is 2.22 bits per heavy atom. The predicted molar refractivity (Wildman–Crippen MR) is 69.4 cm³/mol. The maximum absolute atomic E-state index is 12.2. The van der Waals surface area contributed by atoms with Crippen LogP contribution in [0.5, 0.6) is 5.75 Å². The molecule has 0 saturated carbocycles. The van der Waals surface area contributed by atoms with Crippen LogP contribution >= 0.6 is 0 Å². The van der Waals surface area contributed by atoms with Gasteiger partial charge in [-0.2, -0.15) is 0 Å². The molecule has 18 heavy (non-hydrogen) atoms. The molecule has 2 aromatic rings. The molecule has 0 radical (unpaired) electrons. The van der Waals surface area contributed by atoms with Gasteiger partial charge in [-0.3, -0.25) is 4.79 Å². The molecule has 1 aliphatic rings. The van der Waals surface area contributed by atoms with Crippen molar-refractivity contribution in [3.8, 4) is 5.75 Å². The summed E-state index contributed by atoms with van der Waals surface area (Å²) in [5.41, 5.74) is 1.55. The first-order valence-electron chi connectivity index (χ1n) is 6.34. The van der Waals surface area contributed by atoms with Crippen LogP contribution in [0.2, 0.25) is 0 Å². The molecule has 0 fully saturated rings. The summed E-state index contributed by atoms with van der Waals surface area (Å²) in [6, 6.07) is 5.64. The van der Waals surface area contributed by atoms with Gasteiger partial charge in [0.2, 0.25) is 0 Å². The first-order chi connectivity index (χ1) is 8.70. The number of rotatable bonds is 1. The molecule has 1 aromatic heterocycles. The Labute approximate surface area is 106 Å². The second-order valence-corrected chi connectivity index (χ2v) is 4.92. The van der Waals surface area contributed by atoms with Gasteiger partial charge in [-0.15, -0.1) is 0 Å². The Hall–Kier alpha value is -1.77. The van der Waals surface area contributed by atoms with Crippen LogP contribution in [0.1, 0.15) is 48.2 Å². The zero-order valence-corrected chi connectivity index (χ0v) is 10.7. The molecule has 0 bridgehead atoms. The minimum Gasteiger partial charge on any atom is -0.497 e. The van der Waals surface area contributed by atoms with Gasteiger partial charge < -0.3 is 9.15 Å². The Morgan fingerprint density at radius 3 is 3.00 bits per heavy atom. The van der Waals surface area contributed by atoms with Crippen LogP contribution in [-0.4, -0.2) is 12.9 Å². The van der Waals surface area contributed by atoms with Crippen LogP contribution in [-0.2, 0) is 0 Å². The largest absolute Gasteiger partial charge is 0.497 e. The summed E-state index contributed by atoms with van der Waals surface area (Å²) in [6.07, 6.45) is 2.56. The first kappa shape index (κ1) is 11.3. The van der Waals surface area contributed by atoms with E-state index in [1.165, 1.54) is 0 Å². The molecule has 0 spiro atoms. The van der Waals surface area contributed by atoms with E-state index in [9.17, 15) is 4.79 Å². The van der Waals surface area contributed by atoms with Crippen molar-refractivity contribution in [3.63, 3.8) is 0 Å². The molecule has 0 aliphatic heterocycles. The van der Waals surface area contributed by atoms with Gasteiger partial charge in [0.15, 0.2) is 5.78 Å². The highest BCUT2D eigenvalue weighted by Crippen LogP contribution is 2.38. The molecule has 1 heterocycles. The Bertz CT molecular complexity index is 609. The highest BCUT2D eigenvalue weighted by atomic mass is 16.5. The van der Waals surface area contributed by atoms with Gasteiger partial charge in [-0.25, -0.2) is 0 Å². The summed E-state index contributed by atoms with van der Waals surface area (Å²) in [7, 11) is 1.63. The fraction of sp³-hybridized carbons (Fsp3) is 0.400. The number of carbonyl (C=O) groups is 1. The molecular weight excluding hydrogens is 228 g/mol. The average molecular weight is 244 g/mol. The van der Waals surface area contributed by atoms with E-state index in [-0.39, 0.29) is 5.78 Å². The molecule has 0 amide bonds. The third-order valence-corrected chi connectivity index (χ3v) is 3.69. The third-order valence-electron chi connectivity index (χ3n) is 3.69. The summed E-state index contributed by atoms with van der Waals surface area (Å²) < 4.78 is 11.1. The smallest absolute Gasteiger partial charge is 0.167 e. The number of ether oxygens (including phenoxy) is 1. The summed E-state index contributed by atoms with van der Waals surface area (Å²) in [6.45, 7) is 2.12. The fourth-order valence-corrected chi connectivity index (χ4v) is 2.68. The first-order valence-corrected chi connectivity index (χ1v) is 6.34. The second kappa shape index (κ2) is 4.16. The lowest BCUT2D eigenvalue weighted by atomic mass is 10.0. The van der Waals surface area contributed by atoms with E-state index in [1.54, 1.807) is 7.11 Å². The molecule has 1 atom stereocenters. The minimum atomic E-state index is 0.196. The van der Waals surface area contributed by atoms with Crippen LogP contribution in [0.3, 0.4) is 0 Å². The zero-order chi connectivity index (χ0) is 12.7. The van der Waals surface area contributed by atoms with Gasteiger partial charge in [0.25, 0.3) is 0 Å². The monoisotopic (exact) mass is 244 g/mol. The molecule has 3 nitrogen and oxygen atoms in total. The number of fused-ring (bicyclic) bond motifs is 3. The van der Waals surface area contributed by atoms with E-state index in [0.717, 1.165) is 40.9 Å². The van der Waals surface area contributed by atoms with Crippen molar-refractivity contribution < 1.29 is 13.9 Å². The van der Waals surface area contributed by atoms with E-state index in [0.29, 0.717) is 12.3 Å². The number of carbonyl (C=O) groups excluding carboxylic acids is 1. The molecule has 3 rings (SSSR count). The standard InChI is InChI=1S/C15H16O3/c1-9-4-3-5-12(16)14-11-8-10(17-2)6-7-13(11)18-15(9)14/h6-9H,3-5H2,1-2H3. The Balaban J connectivity index is 2.29. The van der Waals surface area contributed by atoms with Crippen molar-refractivity contribution in [2.24, 2.45) is 0 Å². The van der Waals surface area contributed by atoms with Crippen LogP contribution in [0.4, 0.5) is 0 Å². The highest BCUT2D eigenvalue weighted by Gasteiger charge is 2.27. The number of Topliss-reactive ketones (excluding diaryl/α,β-unsaturated/α-hetero) is 1. The molecule has 94 valence electrons.